The predicted octanol–water partition coefficient (Wildman–Crippen LogP) is 1.03. The minimum absolute atomic E-state index is 0.0809. The second-order valence-electron chi connectivity index (χ2n) is 4.25. The number of aryl methyl sites for hydroxylation is 1. The molecule has 0 fully saturated rings. The highest BCUT2D eigenvalue weighted by Crippen LogP contribution is 2.00. The first kappa shape index (κ1) is 13.7. The summed E-state index contributed by atoms with van der Waals surface area (Å²) >= 11 is 0. The molecule has 1 heterocycles. The fraction of sp³-hybridized carbons (Fsp3) is 0.667. The molecule has 17 heavy (non-hydrogen) atoms. The van der Waals surface area contributed by atoms with Crippen LogP contribution in [0.1, 0.15) is 26.7 Å². The van der Waals surface area contributed by atoms with Crippen LogP contribution in [0.5, 0.6) is 5.88 Å². The van der Waals surface area contributed by atoms with E-state index >= 15 is 0 Å². The van der Waals surface area contributed by atoms with E-state index in [1.165, 1.54) is 10.7 Å². The molecule has 1 rings (SSSR count). The van der Waals surface area contributed by atoms with E-state index in [1.54, 1.807) is 13.2 Å². The number of unbranched alkanes of at least 4 members (excludes halogenated alkanes) is 1. The number of ether oxygens (including phenoxy) is 1. The highest BCUT2D eigenvalue weighted by atomic mass is 16.5. The average Bonchev–Trinajstić information content (AvgIpc) is 2.30. The lowest BCUT2D eigenvalue weighted by Crippen LogP contribution is -2.25. The molecule has 0 radical (unpaired) electrons. The molecule has 1 N–H and O–H groups in total. The summed E-state index contributed by atoms with van der Waals surface area (Å²) in [6, 6.07) is 3.57. The maximum Gasteiger partial charge on any atom is 0.266 e. The number of hydrogen-bond acceptors (Lipinski definition) is 4. The number of rotatable bonds is 7. The molecule has 0 aliphatic rings. The van der Waals surface area contributed by atoms with Crippen LogP contribution in [-0.2, 0) is 6.54 Å². The van der Waals surface area contributed by atoms with Gasteiger partial charge in [-0.25, -0.2) is 4.68 Å². The van der Waals surface area contributed by atoms with E-state index in [1.807, 2.05) is 0 Å². The molecule has 96 valence electrons. The van der Waals surface area contributed by atoms with Crippen molar-refractivity contribution < 1.29 is 4.74 Å². The van der Waals surface area contributed by atoms with E-state index in [4.69, 9.17) is 4.74 Å². The van der Waals surface area contributed by atoms with E-state index in [-0.39, 0.29) is 5.56 Å². The normalized spacial score (nSPS) is 10.8. The molecule has 5 nitrogen and oxygen atoms in total. The maximum absolute atomic E-state index is 11.5. The Bertz CT molecular complexity index is 388. The molecule has 0 saturated heterocycles. The van der Waals surface area contributed by atoms with Gasteiger partial charge < -0.3 is 10.1 Å². The van der Waals surface area contributed by atoms with Gasteiger partial charge >= 0.3 is 0 Å². The molecular weight excluding hydrogens is 218 g/mol. The van der Waals surface area contributed by atoms with Gasteiger partial charge in [0.25, 0.3) is 5.56 Å². The van der Waals surface area contributed by atoms with Crippen LogP contribution >= 0.6 is 0 Å². The zero-order chi connectivity index (χ0) is 12.7. The second-order valence-corrected chi connectivity index (χ2v) is 4.25. The zero-order valence-corrected chi connectivity index (χ0v) is 10.8. The van der Waals surface area contributed by atoms with Crippen molar-refractivity contribution >= 4 is 0 Å². The van der Waals surface area contributed by atoms with Crippen molar-refractivity contribution in [3.63, 3.8) is 0 Å². The van der Waals surface area contributed by atoms with Gasteiger partial charge in [-0.3, -0.25) is 4.79 Å². The molecule has 0 atom stereocenters. The van der Waals surface area contributed by atoms with Gasteiger partial charge in [0.2, 0.25) is 5.88 Å². The summed E-state index contributed by atoms with van der Waals surface area (Å²) < 4.78 is 6.44. The van der Waals surface area contributed by atoms with Gasteiger partial charge in [-0.05, 0) is 19.4 Å². The maximum atomic E-state index is 11.5. The van der Waals surface area contributed by atoms with Crippen LogP contribution in [0.3, 0.4) is 0 Å². The standard InChI is InChI=1S/C12H21N3O2/c1-10(2)13-8-4-5-9-15-12(16)7-6-11(14-15)17-3/h6-7,10,13H,4-5,8-9H2,1-3H3. The molecule has 0 aromatic carbocycles. The fourth-order valence-electron chi connectivity index (χ4n) is 1.48. The fourth-order valence-corrected chi connectivity index (χ4v) is 1.48. The van der Waals surface area contributed by atoms with Crippen molar-refractivity contribution in [2.75, 3.05) is 13.7 Å². The van der Waals surface area contributed by atoms with Crippen molar-refractivity contribution in [1.82, 2.24) is 15.1 Å². The molecule has 0 aliphatic carbocycles. The van der Waals surface area contributed by atoms with E-state index in [9.17, 15) is 4.79 Å². The third-order valence-electron chi connectivity index (χ3n) is 2.40. The first-order chi connectivity index (χ1) is 8.13. The van der Waals surface area contributed by atoms with Crippen molar-refractivity contribution in [3.8, 4) is 5.88 Å². The summed E-state index contributed by atoms with van der Waals surface area (Å²) in [5.41, 5.74) is -0.0809. The Morgan fingerprint density at radius 3 is 2.82 bits per heavy atom. The van der Waals surface area contributed by atoms with Gasteiger partial charge in [-0.15, -0.1) is 5.10 Å². The molecule has 5 heteroatoms. The highest BCUT2D eigenvalue weighted by molar-refractivity contribution is 5.05. The smallest absolute Gasteiger partial charge is 0.266 e. The third-order valence-corrected chi connectivity index (χ3v) is 2.40. The Morgan fingerprint density at radius 1 is 1.41 bits per heavy atom. The average molecular weight is 239 g/mol. The van der Waals surface area contributed by atoms with Crippen LogP contribution in [0.25, 0.3) is 0 Å². The van der Waals surface area contributed by atoms with Crippen LogP contribution in [0.4, 0.5) is 0 Å². The number of aromatic nitrogens is 2. The largest absolute Gasteiger partial charge is 0.480 e. The summed E-state index contributed by atoms with van der Waals surface area (Å²) in [5, 5.41) is 7.42. The van der Waals surface area contributed by atoms with Crippen LogP contribution in [-0.4, -0.2) is 29.5 Å². The second kappa shape index (κ2) is 7.06. The van der Waals surface area contributed by atoms with Gasteiger partial charge in [-0.1, -0.05) is 13.8 Å². The molecule has 0 bridgehead atoms. The SMILES string of the molecule is COc1ccc(=O)n(CCCCNC(C)C)n1. The van der Waals surface area contributed by atoms with Gasteiger partial charge in [-0.2, -0.15) is 0 Å². The number of methoxy groups -OCH3 is 1. The number of hydrogen-bond donors (Lipinski definition) is 1. The van der Waals surface area contributed by atoms with Crippen molar-refractivity contribution in [2.45, 2.75) is 39.3 Å². The summed E-state index contributed by atoms with van der Waals surface area (Å²) in [4.78, 5) is 11.5. The third kappa shape index (κ3) is 4.99. The van der Waals surface area contributed by atoms with Crippen LogP contribution in [0.2, 0.25) is 0 Å². The van der Waals surface area contributed by atoms with Gasteiger partial charge in [0.05, 0.1) is 7.11 Å². The Morgan fingerprint density at radius 2 is 2.18 bits per heavy atom. The lowest BCUT2D eigenvalue weighted by atomic mass is 10.3. The monoisotopic (exact) mass is 239 g/mol. The molecule has 0 spiro atoms. The van der Waals surface area contributed by atoms with Crippen molar-refractivity contribution in [2.24, 2.45) is 0 Å². The van der Waals surface area contributed by atoms with Crippen LogP contribution < -0.4 is 15.6 Å². The Kier molecular flexibility index (Phi) is 5.69. The lowest BCUT2D eigenvalue weighted by molar-refractivity contribution is 0.372. The minimum atomic E-state index is -0.0809. The molecule has 1 aromatic heterocycles. The first-order valence-electron chi connectivity index (χ1n) is 5.99. The molecule has 0 aliphatic heterocycles. The van der Waals surface area contributed by atoms with Crippen molar-refractivity contribution in [1.29, 1.82) is 0 Å². The van der Waals surface area contributed by atoms with Gasteiger partial charge in [0.1, 0.15) is 0 Å². The molecule has 1 aromatic rings. The van der Waals surface area contributed by atoms with E-state index in [2.05, 4.69) is 24.3 Å². The Balaban J connectivity index is 2.38. The van der Waals surface area contributed by atoms with Gasteiger partial charge in [0, 0.05) is 24.7 Å². The van der Waals surface area contributed by atoms with Crippen molar-refractivity contribution in [3.05, 3.63) is 22.5 Å². The minimum Gasteiger partial charge on any atom is -0.480 e. The summed E-state index contributed by atoms with van der Waals surface area (Å²) in [6.07, 6.45) is 1.96. The van der Waals surface area contributed by atoms with E-state index in [0.717, 1.165) is 19.4 Å². The summed E-state index contributed by atoms with van der Waals surface area (Å²) in [7, 11) is 1.55. The summed E-state index contributed by atoms with van der Waals surface area (Å²) in [5.74, 6) is 0.477. The Labute approximate surface area is 102 Å². The van der Waals surface area contributed by atoms with Crippen LogP contribution in [0.15, 0.2) is 16.9 Å². The molecule has 0 amide bonds. The molecule has 0 saturated carbocycles. The van der Waals surface area contributed by atoms with E-state index < -0.39 is 0 Å². The van der Waals surface area contributed by atoms with E-state index in [0.29, 0.717) is 18.5 Å². The zero-order valence-electron chi connectivity index (χ0n) is 10.8. The Hall–Kier alpha value is -1.36. The lowest BCUT2D eigenvalue weighted by Gasteiger charge is -2.08. The van der Waals surface area contributed by atoms with Crippen LogP contribution in [0, 0.1) is 0 Å². The quantitative estimate of drug-likeness (QED) is 0.722. The molecular formula is C12H21N3O2. The number of nitrogens with one attached hydrogen (secondary N) is 1. The number of nitrogens with zero attached hydrogens (tertiary/aromatic N) is 2. The summed E-state index contributed by atoms with van der Waals surface area (Å²) in [6.45, 7) is 5.84. The predicted molar refractivity (Wildman–Crippen MR) is 67.4 cm³/mol. The molecule has 0 unspecified atom stereocenters. The van der Waals surface area contributed by atoms with Gasteiger partial charge in [0.15, 0.2) is 0 Å². The highest BCUT2D eigenvalue weighted by Gasteiger charge is 2.00. The first-order valence-corrected chi connectivity index (χ1v) is 5.99. The topological polar surface area (TPSA) is 56.1 Å².